The van der Waals surface area contributed by atoms with E-state index in [1.807, 2.05) is 0 Å². The third-order valence-electron chi connectivity index (χ3n) is 4.84. The van der Waals surface area contributed by atoms with Crippen LogP contribution in [0.25, 0.3) is 0 Å². The van der Waals surface area contributed by atoms with Gasteiger partial charge in [-0.3, -0.25) is 9.59 Å². The van der Waals surface area contributed by atoms with E-state index in [0.29, 0.717) is 35.3 Å². The Morgan fingerprint density at radius 2 is 1.86 bits per heavy atom. The monoisotopic (exact) mass is 414 g/mol. The first-order valence-corrected chi connectivity index (χ1v) is 9.92. The third kappa shape index (κ3) is 5.57. The van der Waals surface area contributed by atoms with Crippen molar-refractivity contribution in [2.24, 2.45) is 5.92 Å². The Bertz CT molecular complexity index is 898. The predicted octanol–water partition coefficient (Wildman–Crippen LogP) is 4.01. The van der Waals surface area contributed by atoms with Crippen molar-refractivity contribution in [3.63, 3.8) is 0 Å². The topological polar surface area (TPSA) is 75.7 Å². The summed E-state index contributed by atoms with van der Waals surface area (Å²) < 4.78 is 5.22. The van der Waals surface area contributed by atoms with Gasteiger partial charge in [-0.1, -0.05) is 30.7 Å². The summed E-state index contributed by atoms with van der Waals surface area (Å²) in [5, 5.41) is 3.23. The third-order valence-corrected chi connectivity index (χ3v) is 5.09. The molecule has 1 atom stereocenters. The second-order valence-electron chi connectivity index (χ2n) is 7.17. The lowest BCUT2D eigenvalue weighted by molar-refractivity contribution is -0.136. The van der Waals surface area contributed by atoms with E-state index in [2.05, 4.69) is 12.2 Å². The van der Waals surface area contributed by atoms with Crippen molar-refractivity contribution < 1.29 is 19.1 Å². The Hall–Kier alpha value is -2.86. The fourth-order valence-corrected chi connectivity index (χ4v) is 3.40. The fourth-order valence-electron chi connectivity index (χ4n) is 3.28. The second kappa shape index (κ2) is 9.56. The van der Waals surface area contributed by atoms with Gasteiger partial charge < -0.3 is 15.0 Å². The molecule has 1 unspecified atom stereocenters. The van der Waals surface area contributed by atoms with Crippen LogP contribution < -0.4 is 5.32 Å². The molecule has 1 aliphatic rings. The van der Waals surface area contributed by atoms with E-state index in [9.17, 15) is 14.4 Å². The van der Waals surface area contributed by atoms with E-state index >= 15 is 0 Å². The number of halogens is 1. The number of piperidine rings is 1. The van der Waals surface area contributed by atoms with Gasteiger partial charge in [0.2, 0.25) is 0 Å². The Balaban J connectivity index is 1.63. The van der Waals surface area contributed by atoms with E-state index in [-0.39, 0.29) is 24.0 Å². The van der Waals surface area contributed by atoms with Gasteiger partial charge in [-0.25, -0.2) is 4.79 Å². The molecule has 1 heterocycles. The van der Waals surface area contributed by atoms with Gasteiger partial charge in [-0.15, -0.1) is 0 Å². The van der Waals surface area contributed by atoms with E-state index in [4.69, 9.17) is 16.3 Å². The number of para-hydroxylation sites is 1. The highest BCUT2D eigenvalue weighted by molar-refractivity contribution is 6.30. The molecule has 7 heteroatoms. The van der Waals surface area contributed by atoms with Crippen molar-refractivity contribution in [2.75, 3.05) is 25.0 Å². The summed E-state index contributed by atoms with van der Waals surface area (Å²) in [6, 6.07) is 12.9. The number of anilines is 1. The van der Waals surface area contributed by atoms with Gasteiger partial charge in [0.25, 0.3) is 11.8 Å². The molecule has 0 saturated carbocycles. The minimum Gasteiger partial charge on any atom is -0.452 e. The second-order valence-corrected chi connectivity index (χ2v) is 7.61. The highest BCUT2D eigenvalue weighted by atomic mass is 35.5. The van der Waals surface area contributed by atoms with Crippen LogP contribution in [0, 0.1) is 5.92 Å². The number of hydrogen-bond donors (Lipinski definition) is 1. The van der Waals surface area contributed by atoms with Crippen LogP contribution in [0.4, 0.5) is 5.69 Å². The number of benzene rings is 2. The molecule has 1 fully saturated rings. The normalized spacial score (nSPS) is 16.2. The number of nitrogens with one attached hydrogen (secondary N) is 1. The molecule has 0 aliphatic carbocycles. The lowest BCUT2D eigenvalue weighted by Crippen LogP contribution is -2.41. The quantitative estimate of drug-likeness (QED) is 0.750. The van der Waals surface area contributed by atoms with Crippen LogP contribution in [0.3, 0.4) is 0 Å². The van der Waals surface area contributed by atoms with E-state index in [1.165, 1.54) is 0 Å². The minimum atomic E-state index is -0.657. The zero-order valence-corrected chi connectivity index (χ0v) is 16.9. The Labute approximate surface area is 174 Å². The zero-order valence-electron chi connectivity index (χ0n) is 16.2. The molecule has 3 rings (SSSR count). The molecule has 2 aromatic carbocycles. The molecular weight excluding hydrogens is 392 g/mol. The minimum absolute atomic E-state index is 0.189. The number of likely N-dealkylation sites (tertiary alicyclic amines) is 1. The van der Waals surface area contributed by atoms with Gasteiger partial charge in [0.15, 0.2) is 6.61 Å². The molecule has 0 spiro atoms. The van der Waals surface area contributed by atoms with Crippen molar-refractivity contribution in [3.05, 3.63) is 64.7 Å². The van der Waals surface area contributed by atoms with Crippen molar-refractivity contribution in [3.8, 4) is 0 Å². The van der Waals surface area contributed by atoms with Crippen LogP contribution in [-0.4, -0.2) is 42.4 Å². The average molecular weight is 415 g/mol. The van der Waals surface area contributed by atoms with Crippen LogP contribution in [-0.2, 0) is 9.53 Å². The number of hydrogen-bond acceptors (Lipinski definition) is 4. The summed E-state index contributed by atoms with van der Waals surface area (Å²) in [7, 11) is 0. The summed E-state index contributed by atoms with van der Waals surface area (Å²) in [6.07, 6.45) is 2.06. The molecule has 29 heavy (non-hydrogen) atoms. The maximum absolute atomic E-state index is 12.5. The zero-order chi connectivity index (χ0) is 20.8. The van der Waals surface area contributed by atoms with Crippen molar-refractivity contribution >= 4 is 35.1 Å². The average Bonchev–Trinajstić information content (AvgIpc) is 2.72. The fraction of sp³-hybridized carbons (Fsp3) is 0.318. The van der Waals surface area contributed by atoms with E-state index in [0.717, 1.165) is 12.8 Å². The maximum Gasteiger partial charge on any atom is 0.340 e. The molecule has 0 radical (unpaired) electrons. The van der Waals surface area contributed by atoms with E-state index in [1.54, 1.807) is 53.4 Å². The molecular formula is C22H23ClN2O4. The van der Waals surface area contributed by atoms with Crippen LogP contribution >= 0.6 is 11.6 Å². The number of carbonyl (C=O) groups is 3. The molecule has 0 bridgehead atoms. The smallest absolute Gasteiger partial charge is 0.340 e. The predicted molar refractivity (Wildman–Crippen MR) is 111 cm³/mol. The molecule has 6 nitrogen and oxygen atoms in total. The van der Waals surface area contributed by atoms with Gasteiger partial charge >= 0.3 is 5.97 Å². The van der Waals surface area contributed by atoms with Gasteiger partial charge in [0, 0.05) is 23.7 Å². The first kappa shape index (κ1) is 20.9. The number of esters is 1. The first-order valence-electron chi connectivity index (χ1n) is 9.55. The van der Waals surface area contributed by atoms with Crippen LogP contribution in [0.2, 0.25) is 5.02 Å². The van der Waals surface area contributed by atoms with Gasteiger partial charge in [0.1, 0.15) is 0 Å². The standard InChI is InChI=1S/C22H23ClN2O4/c1-15-5-4-12-25(13-15)20(26)14-29-22(28)18-6-2-3-7-19(18)24-21(27)16-8-10-17(23)11-9-16/h2-3,6-11,15H,4-5,12-14H2,1H3,(H,24,27). The van der Waals surface area contributed by atoms with E-state index < -0.39 is 5.97 Å². The Morgan fingerprint density at radius 3 is 2.59 bits per heavy atom. The van der Waals surface area contributed by atoms with Crippen molar-refractivity contribution in [1.29, 1.82) is 0 Å². The molecule has 2 amide bonds. The highest BCUT2D eigenvalue weighted by Crippen LogP contribution is 2.19. The molecule has 152 valence electrons. The summed E-state index contributed by atoms with van der Waals surface area (Å²) >= 11 is 5.84. The van der Waals surface area contributed by atoms with Crippen LogP contribution in [0.5, 0.6) is 0 Å². The SMILES string of the molecule is CC1CCCN(C(=O)COC(=O)c2ccccc2NC(=O)c2ccc(Cl)cc2)C1. The molecule has 1 N–H and O–H groups in total. The van der Waals surface area contributed by atoms with Gasteiger partial charge in [0.05, 0.1) is 11.3 Å². The first-order chi connectivity index (χ1) is 13.9. The summed E-state index contributed by atoms with van der Waals surface area (Å²) in [5.41, 5.74) is 0.915. The summed E-state index contributed by atoms with van der Waals surface area (Å²) in [5.74, 6) is -0.782. The number of amides is 2. The molecule has 1 aliphatic heterocycles. The Morgan fingerprint density at radius 1 is 1.14 bits per heavy atom. The molecule has 0 aromatic heterocycles. The lowest BCUT2D eigenvalue weighted by atomic mass is 10.0. The maximum atomic E-state index is 12.5. The van der Waals surface area contributed by atoms with Crippen molar-refractivity contribution in [2.45, 2.75) is 19.8 Å². The Kier molecular flexibility index (Phi) is 6.88. The number of carbonyl (C=O) groups excluding carboxylic acids is 3. The number of nitrogens with zero attached hydrogens (tertiary/aromatic N) is 1. The number of rotatable bonds is 5. The van der Waals surface area contributed by atoms with Crippen molar-refractivity contribution in [1.82, 2.24) is 4.90 Å². The summed E-state index contributed by atoms with van der Waals surface area (Å²) in [4.78, 5) is 39.0. The lowest BCUT2D eigenvalue weighted by Gasteiger charge is -2.30. The van der Waals surface area contributed by atoms with Gasteiger partial charge in [-0.05, 0) is 55.2 Å². The van der Waals surface area contributed by atoms with Crippen LogP contribution in [0.1, 0.15) is 40.5 Å². The number of ether oxygens (including phenoxy) is 1. The molecule has 2 aromatic rings. The molecule has 1 saturated heterocycles. The highest BCUT2D eigenvalue weighted by Gasteiger charge is 2.23. The summed E-state index contributed by atoms with van der Waals surface area (Å²) in [6.45, 7) is 3.16. The largest absolute Gasteiger partial charge is 0.452 e. The van der Waals surface area contributed by atoms with Crippen LogP contribution in [0.15, 0.2) is 48.5 Å². The van der Waals surface area contributed by atoms with Gasteiger partial charge in [-0.2, -0.15) is 0 Å².